The quantitative estimate of drug-likeness (QED) is 0.884. The van der Waals surface area contributed by atoms with Crippen molar-refractivity contribution in [2.75, 3.05) is 0 Å². The molecule has 0 fully saturated rings. The maximum absolute atomic E-state index is 6.31. The van der Waals surface area contributed by atoms with Crippen molar-refractivity contribution in [3.05, 3.63) is 29.8 Å². The largest absolute Gasteiger partial charge is 0.324 e. The van der Waals surface area contributed by atoms with Crippen LogP contribution in [0.15, 0.2) is 18.6 Å². The number of nitrogens with zero attached hydrogens (tertiary/aromatic N) is 3. The molecule has 0 aromatic carbocycles. The zero-order chi connectivity index (χ0) is 12.6. The van der Waals surface area contributed by atoms with E-state index in [4.69, 9.17) is 5.73 Å². The van der Waals surface area contributed by atoms with Crippen molar-refractivity contribution in [3.8, 4) is 0 Å². The lowest BCUT2D eigenvalue weighted by Gasteiger charge is -2.17. The second-order valence-electron chi connectivity index (χ2n) is 5.13. The molecule has 2 N–H and O–H groups in total. The third-order valence-corrected chi connectivity index (χ3v) is 3.10. The smallest absolute Gasteiger partial charge is 0.0895 e. The Bertz CT molecular complexity index is 513. The van der Waals surface area contributed by atoms with Crippen LogP contribution in [-0.2, 0) is 0 Å². The molecular formula is C13H20N4. The van der Waals surface area contributed by atoms with E-state index in [1.54, 1.807) is 6.20 Å². The number of rotatable bonds is 3. The fourth-order valence-corrected chi connectivity index (χ4v) is 2.04. The van der Waals surface area contributed by atoms with Gasteiger partial charge in [-0.25, -0.2) is 4.52 Å². The third kappa shape index (κ3) is 2.05. The summed E-state index contributed by atoms with van der Waals surface area (Å²) in [6.07, 6.45) is 5.46. The zero-order valence-electron chi connectivity index (χ0n) is 10.9. The van der Waals surface area contributed by atoms with Crippen LogP contribution in [0.4, 0.5) is 0 Å². The van der Waals surface area contributed by atoms with Gasteiger partial charge in [0.15, 0.2) is 0 Å². The average molecular weight is 232 g/mol. The molecule has 17 heavy (non-hydrogen) atoms. The minimum absolute atomic E-state index is 0.00843. The summed E-state index contributed by atoms with van der Waals surface area (Å²) in [6.45, 7) is 8.56. The maximum Gasteiger partial charge on any atom is 0.0895 e. The van der Waals surface area contributed by atoms with Crippen LogP contribution in [0, 0.1) is 5.92 Å². The lowest BCUT2D eigenvalue weighted by Crippen LogP contribution is -2.18. The fraction of sp³-hybridized carbons (Fsp3) is 0.538. The lowest BCUT2D eigenvalue weighted by atomic mass is 9.92. The van der Waals surface area contributed by atoms with Crippen LogP contribution in [0.1, 0.15) is 50.9 Å². The number of nitrogens with two attached hydrogens (primary N) is 1. The molecule has 0 radical (unpaired) electrons. The molecular weight excluding hydrogens is 212 g/mol. The Hall–Kier alpha value is -1.42. The zero-order valence-corrected chi connectivity index (χ0v) is 10.9. The number of fused-ring (bicyclic) bond motifs is 1. The molecule has 0 saturated carbocycles. The van der Waals surface area contributed by atoms with Crippen molar-refractivity contribution in [1.82, 2.24) is 14.6 Å². The van der Waals surface area contributed by atoms with Gasteiger partial charge in [0.2, 0.25) is 0 Å². The molecule has 0 saturated heterocycles. The first-order chi connectivity index (χ1) is 8.02. The first-order valence-corrected chi connectivity index (χ1v) is 6.10. The van der Waals surface area contributed by atoms with Crippen molar-refractivity contribution < 1.29 is 0 Å². The fourth-order valence-electron chi connectivity index (χ4n) is 2.04. The Balaban J connectivity index is 2.68. The Morgan fingerprint density at radius 2 is 1.94 bits per heavy atom. The molecule has 92 valence electrons. The van der Waals surface area contributed by atoms with Gasteiger partial charge in [0.25, 0.3) is 0 Å². The maximum atomic E-state index is 6.31. The highest BCUT2D eigenvalue weighted by Crippen LogP contribution is 2.30. The van der Waals surface area contributed by atoms with Crippen LogP contribution in [0.25, 0.3) is 5.52 Å². The standard InChI is InChI=1S/C13H20N4/c1-8(2)12(14)11-10-7-15-5-6-17(10)16-13(11)9(3)4/h5-9,12H,14H2,1-4H3. The second kappa shape index (κ2) is 4.45. The molecule has 4 nitrogen and oxygen atoms in total. The normalized spacial score (nSPS) is 13.8. The van der Waals surface area contributed by atoms with E-state index in [0.717, 1.165) is 16.8 Å². The lowest BCUT2D eigenvalue weighted by molar-refractivity contribution is 0.511. The molecule has 0 amide bonds. The van der Waals surface area contributed by atoms with Gasteiger partial charge >= 0.3 is 0 Å². The molecule has 0 aliphatic heterocycles. The highest BCUT2D eigenvalue weighted by molar-refractivity contribution is 5.57. The Labute approximate surface area is 102 Å². The summed E-state index contributed by atoms with van der Waals surface area (Å²) >= 11 is 0. The van der Waals surface area contributed by atoms with Crippen LogP contribution >= 0.6 is 0 Å². The number of hydrogen-bond acceptors (Lipinski definition) is 3. The molecule has 1 atom stereocenters. The van der Waals surface area contributed by atoms with E-state index in [9.17, 15) is 0 Å². The highest BCUT2D eigenvalue weighted by atomic mass is 15.2. The molecule has 2 heterocycles. The summed E-state index contributed by atoms with van der Waals surface area (Å²) < 4.78 is 1.87. The molecule has 2 rings (SSSR count). The van der Waals surface area contributed by atoms with Gasteiger partial charge in [-0.2, -0.15) is 5.10 Å². The van der Waals surface area contributed by atoms with E-state index >= 15 is 0 Å². The van der Waals surface area contributed by atoms with Gasteiger partial charge in [-0.15, -0.1) is 0 Å². The Morgan fingerprint density at radius 3 is 2.53 bits per heavy atom. The van der Waals surface area contributed by atoms with Gasteiger partial charge in [-0.1, -0.05) is 27.7 Å². The van der Waals surface area contributed by atoms with Crippen molar-refractivity contribution in [2.24, 2.45) is 11.7 Å². The first kappa shape index (κ1) is 12.0. The average Bonchev–Trinajstić information content (AvgIpc) is 2.67. The number of aromatic nitrogens is 3. The molecule has 0 aliphatic rings. The topological polar surface area (TPSA) is 56.2 Å². The van der Waals surface area contributed by atoms with Crippen molar-refractivity contribution in [3.63, 3.8) is 0 Å². The van der Waals surface area contributed by atoms with Gasteiger partial charge in [0.05, 0.1) is 17.4 Å². The van der Waals surface area contributed by atoms with E-state index in [1.807, 2.05) is 16.9 Å². The van der Waals surface area contributed by atoms with E-state index < -0.39 is 0 Å². The minimum Gasteiger partial charge on any atom is -0.324 e. The highest BCUT2D eigenvalue weighted by Gasteiger charge is 2.22. The van der Waals surface area contributed by atoms with E-state index in [0.29, 0.717) is 11.8 Å². The molecule has 2 aromatic rings. The minimum atomic E-state index is 0.00843. The van der Waals surface area contributed by atoms with E-state index in [-0.39, 0.29) is 6.04 Å². The summed E-state index contributed by atoms with van der Waals surface area (Å²) in [4.78, 5) is 4.17. The summed E-state index contributed by atoms with van der Waals surface area (Å²) in [5.74, 6) is 0.760. The SMILES string of the molecule is CC(C)c1nn2ccncc2c1C(N)C(C)C. The molecule has 0 bridgehead atoms. The van der Waals surface area contributed by atoms with Crippen molar-refractivity contribution in [2.45, 2.75) is 39.7 Å². The monoisotopic (exact) mass is 232 g/mol. The predicted molar refractivity (Wildman–Crippen MR) is 68.8 cm³/mol. The van der Waals surface area contributed by atoms with Crippen LogP contribution in [0.5, 0.6) is 0 Å². The van der Waals surface area contributed by atoms with Crippen molar-refractivity contribution >= 4 is 5.52 Å². The molecule has 1 unspecified atom stereocenters. The van der Waals surface area contributed by atoms with Crippen LogP contribution < -0.4 is 5.73 Å². The Morgan fingerprint density at radius 1 is 1.24 bits per heavy atom. The summed E-state index contributed by atoms with van der Waals surface area (Å²) in [5.41, 5.74) is 9.56. The van der Waals surface area contributed by atoms with Gasteiger partial charge in [0.1, 0.15) is 0 Å². The first-order valence-electron chi connectivity index (χ1n) is 6.10. The van der Waals surface area contributed by atoms with Crippen molar-refractivity contribution in [1.29, 1.82) is 0 Å². The molecule has 0 aliphatic carbocycles. The van der Waals surface area contributed by atoms with Gasteiger partial charge in [-0.05, 0) is 11.8 Å². The van der Waals surface area contributed by atoms with E-state index in [2.05, 4.69) is 37.8 Å². The van der Waals surface area contributed by atoms with E-state index in [1.165, 1.54) is 0 Å². The van der Waals surface area contributed by atoms with Gasteiger partial charge in [-0.3, -0.25) is 4.98 Å². The molecule has 2 aromatic heterocycles. The number of hydrogen-bond donors (Lipinski definition) is 1. The predicted octanol–water partition coefficient (Wildman–Crippen LogP) is 2.51. The van der Waals surface area contributed by atoms with Crippen LogP contribution in [0.3, 0.4) is 0 Å². The summed E-state index contributed by atoms with van der Waals surface area (Å²) in [7, 11) is 0. The third-order valence-electron chi connectivity index (χ3n) is 3.10. The summed E-state index contributed by atoms with van der Waals surface area (Å²) in [6, 6.07) is 0.00843. The molecule has 0 spiro atoms. The van der Waals surface area contributed by atoms with Crippen LogP contribution in [0.2, 0.25) is 0 Å². The second-order valence-corrected chi connectivity index (χ2v) is 5.13. The summed E-state index contributed by atoms with van der Waals surface area (Å²) in [5, 5.41) is 4.61. The van der Waals surface area contributed by atoms with Gasteiger partial charge < -0.3 is 5.73 Å². The Kier molecular flexibility index (Phi) is 3.15. The van der Waals surface area contributed by atoms with Gasteiger partial charge in [0, 0.05) is 24.0 Å². The van der Waals surface area contributed by atoms with Crippen LogP contribution in [-0.4, -0.2) is 14.6 Å². The molecule has 4 heteroatoms.